The lowest BCUT2D eigenvalue weighted by Gasteiger charge is -2.22. The van der Waals surface area contributed by atoms with E-state index in [-0.39, 0.29) is 29.8 Å². The standard InChI is InChI=1S/C22H31FN6.HI/c1-6-24-22(28(4)13-17-14-29(5)27-21(17)15(2)3)25-10-9-16-12-26-20-8-7-18(23)11-19(16)20;/h7-8,11-12,14-15,26H,6,9-10,13H2,1-5H3,(H,24,25);1H. The van der Waals surface area contributed by atoms with E-state index in [1.54, 1.807) is 12.1 Å². The average molecular weight is 526 g/mol. The summed E-state index contributed by atoms with van der Waals surface area (Å²) in [7, 11) is 4.00. The van der Waals surface area contributed by atoms with Crippen molar-refractivity contribution in [2.24, 2.45) is 12.0 Å². The molecule has 0 saturated heterocycles. The van der Waals surface area contributed by atoms with E-state index in [1.165, 1.54) is 11.6 Å². The summed E-state index contributed by atoms with van der Waals surface area (Å²) in [5.41, 5.74) is 4.36. The van der Waals surface area contributed by atoms with E-state index in [4.69, 9.17) is 4.99 Å². The van der Waals surface area contributed by atoms with Gasteiger partial charge in [0.05, 0.1) is 5.69 Å². The zero-order chi connectivity index (χ0) is 21.0. The monoisotopic (exact) mass is 526 g/mol. The Labute approximate surface area is 195 Å². The number of hydrogen-bond acceptors (Lipinski definition) is 2. The number of H-pyrrole nitrogens is 1. The molecule has 0 aliphatic rings. The van der Waals surface area contributed by atoms with Crippen molar-refractivity contribution in [3.63, 3.8) is 0 Å². The average Bonchev–Trinajstić information content (AvgIpc) is 3.24. The van der Waals surface area contributed by atoms with Crippen LogP contribution in [0.5, 0.6) is 0 Å². The number of nitrogens with one attached hydrogen (secondary N) is 2. The first-order valence-electron chi connectivity index (χ1n) is 10.2. The molecular weight excluding hydrogens is 494 g/mol. The first-order chi connectivity index (χ1) is 13.9. The molecule has 2 heterocycles. The van der Waals surface area contributed by atoms with Crippen LogP contribution in [-0.4, -0.2) is 45.8 Å². The maximum absolute atomic E-state index is 13.6. The van der Waals surface area contributed by atoms with Gasteiger partial charge in [-0.05, 0) is 43.0 Å². The van der Waals surface area contributed by atoms with Crippen molar-refractivity contribution < 1.29 is 4.39 Å². The molecule has 164 valence electrons. The van der Waals surface area contributed by atoms with Crippen molar-refractivity contribution in [3.8, 4) is 0 Å². The number of hydrogen-bond donors (Lipinski definition) is 2. The Morgan fingerprint density at radius 2 is 2.10 bits per heavy atom. The van der Waals surface area contributed by atoms with Crippen LogP contribution in [0.3, 0.4) is 0 Å². The molecule has 0 aliphatic carbocycles. The SMILES string of the molecule is CCNC(=NCCc1c[nH]c2ccc(F)cc12)N(C)Cc1cn(C)nc1C(C)C.I. The molecule has 2 aromatic heterocycles. The van der Waals surface area contributed by atoms with Crippen LogP contribution in [0.2, 0.25) is 0 Å². The Bertz CT molecular complexity index is 991. The fraction of sp³-hybridized carbons (Fsp3) is 0.455. The number of aryl methyl sites for hydroxylation is 1. The molecule has 6 nitrogen and oxygen atoms in total. The van der Waals surface area contributed by atoms with Crippen LogP contribution in [0.25, 0.3) is 10.9 Å². The number of aromatic nitrogens is 3. The number of rotatable bonds is 7. The summed E-state index contributed by atoms with van der Waals surface area (Å²) in [5, 5.41) is 8.89. The van der Waals surface area contributed by atoms with Gasteiger partial charge in [-0.15, -0.1) is 24.0 Å². The molecular formula is C22H32FIN6. The maximum atomic E-state index is 13.6. The van der Waals surface area contributed by atoms with Gasteiger partial charge < -0.3 is 15.2 Å². The Kier molecular flexibility index (Phi) is 8.69. The molecule has 0 amide bonds. The molecule has 0 spiro atoms. The van der Waals surface area contributed by atoms with Crippen molar-refractivity contribution in [2.45, 2.75) is 39.7 Å². The third-order valence-corrected chi connectivity index (χ3v) is 4.96. The van der Waals surface area contributed by atoms with Crippen molar-refractivity contribution in [2.75, 3.05) is 20.1 Å². The lowest BCUT2D eigenvalue weighted by Crippen LogP contribution is -2.38. The summed E-state index contributed by atoms with van der Waals surface area (Å²) >= 11 is 0. The predicted octanol–water partition coefficient (Wildman–Crippen LogP) is 4.42. The minimum atomic E-state index is -0.215. The van der Waals surface area contributed by atoms with E-state index in [9.17, 15) is 4.39 Å². The molecule has 0 radical (unpaired) electrons. The van der Waals surface area contributed by atoms with Gasteiger partial charge in [0.1, 0.15) is 5.82 Å². The number of aliphatic imine (C=N–C) groups is 1. The topological polar surface area (TPSA) is 61.2 Å². The lowest BCUT2D eigenvalue weighted by molar-refractivity contribution is 0.473. The van der Waals surface area contributed by atoms with Crippen LogP contribution in [0.1, 0.15) is 43.5 Å². The molecule has 0 bridgehead atoms. The molecule has 2 N–H and O–H groups in total. The highest BCUT2D eigenvalue weighted by Crippen LogP contribution is 2.20. The highest BCUT2D eigenvalue weighted by atomic mass is 127. The van der Waals surface area contributed by atoms with E-state index >= 15 is 0 Å². The van der Waals surface area contributed by atoms with Gasteiger partial charge in [-0.25, -0.2) is 4.39 Å². The Balaban J connectivity index is 0.00000320. The van der Waals surface area contributed by atoms with Gasteiger partial charge >= 0.3 is 0 Å². The summed E-state index contributed by atoms with van der Waals surface area (Å²) in [6.45, 7) is 8.55. The normalized spacial score (nSPS) is 11.8. The predicted molar refractivity (Wildman–Crippen MR) is 132 cm³/mol. The molecule has 3 aromatic rings. The summed E-state index contributed by atoms with van der Waals surface area (Å²) < 4.78 is 15.5. The zero-order valence-electron chi connectivity index (χ0n) is 18.4. The maximum Gasteiger partial charge on any atom is 0.193 e. The first kappa shape index (κ1) is 24.2. The number of aromatic amines is 1. The Hall–Kier alpha value is -2.10. The van der Waals surface area contributed by atoms with E-state index < -0.39 is 0 Å². The van der Waals surface area contributed by atoms with Crippen LogP contribution >= 0.6 is 24.0 Å². The van der Waals surface area contributed by atoms with Crippen molar-refractivity contribution in [3.05, 3.63) is 53.2 Å². The second-order valence-electron chi connectivity index (χ2n) is 7.71. The van der Waals surface area contributed by atoms with E-state index in [1.807, 2.05) is 25.0 Å². The van der Waals surface area contributed by atoms with E-state index in [0.29, 0.717) is 12.5 Å². The highest BCUT2D eigenvalue weighted by Gasteiger charge is 2.15. The van der Waals surface area contributed by atoms with Crippen LogP contribution in [-0.2, 0) is 20.0 Å². The molecule has 1 aromatic carbocycles. The summed E-state index contributed by atoms with van der Waals surface area (Å²) in [5.74, 6) is 1.02. The van der Waals surface area contributed by atoms with Gasteiger partial charge in [0.2, 0.25) is 0 Å². The third kappa shape index (κ3) is 5.74. The van der Waals surface area contributed by atoms with Gasteiger partial charge in [-0.2, -0.15) is 5.10 Å². The summed E-state index contributed by atoms with van der Waals surface area (Å²) in [4.78, 5) is 10.1. The third-order valence-electron chi connectivity index (χ3n) is 4.96. The van der Waals surface area contributed by atoms with Gasteiger partial charge in [-0.1, -0.05) is 13.8 Å². The fourth-order valence-electron chi connectivity index (χ4n) is 3.60. The number of guanidine groups is 1. The highest BCUT2D eigenvalue weighted by molar-refractivity contribution is 14.0. The van der Waals surface area contributed by atoms with Crippen LogP contribution in [0.15, 0.2) is 35.6 Å². The van der Waals surface area contributed by atoms with Gasteiger partial charge in [0.25, 0.3) is 0 Å². The smallest absolute Gasteiger partial charge is 0.193 e. The lowest BCUT2D eigenvalue weighted by atomic mass is 10.1. The second-order valence-corrected chi connectivity index (χ2v) is 7.71. The van der Waals surface area contributed by atoms with Crippen LogP contribution in [0, 0.1) is 5.82 Å². The number of halogens is 2. The molecule has 0 atom stereocenters. The van der Waals surface area contributed by atoms with Crippen molar-refractivity contribution in [1.29, 1.82) is 0 Å². The molecule has 8 heteroatoms. The number of fused-ring (bicyclic) bond motifs is 1. The molecule has 3 rings (SSSR count). The molecule has 0 saturated carbocycles. The Morgan fingerprint density at radius 3 is 2.80 bits per heavy atom. The van der Waals surface area contributed by atoms with Crippen molar-refractivity contribution in [1.82, 2.24) is 25.0 Å². The fourth-order valence-corrected chi connectivity index (χ4v) is 3.60. The number of benzene rings is 1. The first-order valence-corrected chi connectivity index (χ1v) is 10.2. The Morgan fingerprint density at radius 1 is 1.33 bits per heavy atom. The second kappa shape index (κ2) is 10.8. The van der Waals surface area contributed by atoms with Gasteiger partial charge in [0.15, 0.2) is 5.96 Å². The van der Waals surface area contributed by atoms with Crippen LogP contribution < -0.4 is 5.32 Å². The van der Waals surface area contributed by atoms with Crippen LogP contribution in [0.4, 0.5) is 4.39 Å². The minimum Gasteiger partial charge on any atom is -0.361 e. The van der Waals surface area contributed by atoms with Gasteiger partial charge in [0, 0.05) is 62.6 Å². The quantitative estimate of drug-likeness (QED) is 0.272. The van der Waals surface area contributed by atoms with E-state index in [2.05, 4.69) is 47.3 Å². The molecule has 0 fully saturated rings. The molecule has 30 heavy (non-hydrogen) atoms. The zero-order valence-corrected chi connectivity index (χ0v) is 20.7. The van der Waals surface area contributed by atoms with Crippen molar-refractivity contribution >= 4 is 40.8 Å². The number of nitrogens with zero attached hydrogens (tertiary/aromatic N) is 4. The summed E-state index contributed by atoms with van der Waals surface area (Å²) in [6, 6.07) is 4.83. The van der Waals surface area contributed by atoms with E-state index in [0.717, 1.165) is 47.6 Å². The summed E-state index contributed by atoms with van der Waals surface area (Å²) in [6.07, 6.45) is 4.77. The molecule has 0 unspecified atom stereocenters. The van der Waals surface area contributed by atoms with Gasteiger partial charge in [-0.3, -0.25) is 9.67 Å². The largest absolute Gasteiger partial charge is 0.361 e. The minimum absolute atomic E-state index is 0. The molecule has 0 aliphatic heterocycles.